The number of rotatable bonds is 4. The van der Waals surface area contributed by atoms with Crippen LogP contribution in [0.3, 0.4) is 0 Å². The van der Waals surface area contributed by atoms with Gasteiger partial charge < -0.3 is 4.74 Å². The van der Waals surface area contributed by atoms with Gasteiger partial charge in [0.1, 0.15) is 11.5 Å². The fourth-order valence-electron chi connectivity index (χ4n) is 9.36. The molecule has 1 heteroatoms. The molecule has 0 saturated carbocycles. The van der Waals surface area contributed by atoms with Crippen LogP contribution in [0.5, 0.6) is 11.5 Å². The van der Waals surface area contributed by atoms with Gasteiger partial charge in [-0.2, -0.15) is 0 Å². The van der Waals surface area contributed by atoms with Crippen molar-refractivity contribution in [2.75, 3.05) is 0 Å². The molecule has 0 saturated heterocycles. The highest BCUT2D eigenvalue weighted by atomic mass is 16.5. The second-order valence-corrected chi connectivity index (χ2v) is 14.3. The summed E-state index contributed by atoms with van der Waals surface area (Å²) in [5.41, 5.74) is 8.97. The number of benzene rings is 10. The van der Waals surface area contributed by atoms with Crippen molar-refractivity contribution in [3.05, 3.63) is 229 Å². The van der Waals surface area contributed by atoms with E-state index in [1.165, 1.54) is 87.6 Å². The SMILES string of the molecule is c1ccc(-c2c(-c3ccc(C4(c5ccccc5)c5c(ccc6ccccc56)Oc5ccc6ccccc6c54)cc3)c3ccccc3c3ccccc23)cc1. The number of fused-ring (bicyclic) bond motifs is 9. The molecule has 0 aliphatic carbocycles. The second-order valence-electron chi connectivity index (χ2n) is 14.3. The lowest BCUT2D eigenvalue weighted by Crippen LogP contribution is -2.34. The largest absolute Gasteiger partial charge is 0.457 e. The van der Waals surface area contributed by atoms with Crippen LogP contribution in [-0.4, -0.2) is 0 Å². The zero-order valence-electron chi connectivity index (χ0n) is 29.5. The molecular formula is C53H34O. The summed E-state index contributed by atoms with van der Waals surface area (Å²) in [6.45, 7) is 0. The normalized spacial score (nSPS) is 13.1. The summed E-state index contributed by atoms with van der Waals surface area (Å²) in [6, 6.07) is 75.3. The molecule has 54 heavy (non-hydrogen) atoms. The zero-order chi connectivity index (χ0) is 35.6. The van der Waals surface area contributed by atoms with Gasteiger partial charge in [0.2, 0.25) is 0 Å². The average Bonchev–Trinajstić information content (AvgIpc) is 3.25. The van der Waals surface area contributed by atoms with Crippen molar-refractivity contribution >= 4 is 43.1 Å². The number of hydrogen-bond acceptors (Lipinski definition) is 1. The van der Waals surface area contributed by atoms with Gasteiger partial charge in [-0.3, -0.25) is 0 Å². The molecule has 0 spiro atoms. The molecular weight excluding hydrogens is 653 g/mol. The molecule has 0 amide bonds. The Morgan fingerprint density at radius 2 is 0.667 bits per heavy atom. The zero-order valence-corrected chi connectivity index (χ0v) is 29.5. The Balaban J connectivity index is 1.26. The van der Waals surface area contributed by atoms with Gasteiger partial charge in [0.15, 0.2) is 0 Å². The summed E-state index contributed by atoms with van der Waals surface area (Å²) >= 11 is 0. The quantitative estimate of drug-likeness (QED) is 0.167. The third-order valence-electron chi connectivity index (χ3n) is 11.6. The van der Waals surface area contributed by atoms with Crippen LogP contribution in [-0.2, 0) is 5.41 Å². The van der Waals surface area contributed by atoms with Crippen LogP contribution < -0.4 is 4.74 Å². The topological polar surface area (TPSA) is 9.23 Å². The Bertz CT molecular complexity index is 2970. The third kappa shape index (κ3) is 4.39. The van der Waals surface area contributed by atoms with E-state index in [2.05, 4.69) is 206 Å². The summed E-state index contributed by atoms with van der Waals surface area (Å²) < 4.78 is 6.94. The molecule has 0 bridgehead atoms. The molecule has 0 atom stereocenters. The Labute approximate surface area is 314 Å². The Morgan fingerprint density at radius 1 is 0.278 bits per heavy atom. The molecule has 0 radical (unpaired) electrons. The molecule has 10 aromatic rings. The highest BCUT2D eigenvalue weighted by molar-refractivity contribution is 6.21. The standard InChI is InChI=1S/C53H34O/c1-3-17-37(18-4-1)49-45-25-13-11-23-43(45)44-24-12-14-26-46(44)50(49)38-27-31-40(32-28-38)53(39-19-5-2-6-20-39)51-41-21-9-7-15-35(41)29-33-47(51)54-48-34-30-36-16-8-10-22-42(36)52(48)53/h1-34H. The predicted octanol–water partition coefficient (Wildman–Crippen LogP) is 14.1. The first-order valence-electron chi connectivity index (χ1n) is 18.7. The highest BCUT2D eigenvalue weighted by Crippen LogP contribution is 2.59. The average molecular weight is 687 g/mol. The minimum absolute atomic E-state index is 0.682. The van der Waals surface area contributed by atoms with E-state index in [4.69, 9.17) is 4.74 Å². The summed E-state index contributed by atoms with van der Waals surface area (Å²) in [5.74, 6) is 1.77. The first-order valence-corrected chi connectivity index (χ1v) is 18.7. The van der Waals surface area contributed by atoms with Gasteiger partial charge in [-0.25, -0.2) is 0 Å². The van der Waals surface area contributed by atoms with E-state index in [1.807, 2.05) is 0 Å². The minimum Gasteiger partial charge on any atom is -0.457 e. The molecule has 0 N–H and O–H groups in total. The molecule has 1 heterocycles. The highest BCUT2D eigenvalue weighted by Gasteiger charge is 2.47. The van der Waals surface area contributed by atoms with Gasteiger partial charge in [0.25, 0.3) is 0 Å². The predicted molar refractivity (Wildman–Crippen MR) is 226 cm³/mol. The van der Waals surface area contributed by atoms with E-state index >= 15 is 0 Å². The Kier molecular flexibility index (Phi) is 6.84. The van der Waals surface area contributed by atoms with Gasteiger partial charge in [0, 0.05) is 11.1 Å². The molecule has 1 nitrogen and oxygen atoms in total. The van der Waals surface area contributed by atoms with Crippen molar-refractivity contribution in [1.82, 2.24) is 0 Å². The lowest BCUT2D eigenvalue weighted by atomic mass is 9.61. The first-order chi connectivity index (χ1) is 26.8. The molecule has 1 aliphatic heterocycles. The van der Waals surface area contributed by atoms with Crippen molar-refractivity contribution in [3.63, 3.8) is 0 Å². The summed E-state index contributed by atoms with van der Waals surface area (Å²) in [6.07, 6.45) is 0. The van der Waals surface area contributed by atoms with E-state index in [0.29, 0.717) is 0 Å². The molecule has 11 rings (SSSR count). The van der Waals surface area contributed by atoms with Crippen molar-refractivity contribution in [3.8, 4) is 33.8 Å². The van der Waals surface area contributed by atoms with Crippen LogP contribution in [0, 0.1) is 0 Å². The van der Waals surface area contributed by atoms with E-state index in [0.717, 1.165) is 11.5 Å². The van der Waals surface area contributed by atoms with Gasteiger partial charge in [-0.1, -0.05) is 194 Å². The fraction of sp³-hybridized carbons (Fsp3) is 0.0189. The number of ether oxygens (including phenoxy) is 1. The van der Waals surface area contributed by atoms with E-state index in [-0.39, 0.29) is 0 Å². The monoisotopic (exact) mass is 686 g/mol. The lowest BCUT2D eigenvalue weighted by molar-refractivity contribution is 0.439. The lowest BCUT2D eigenvalue weighted by Gasteiger charge is -2.43. The van der Waals surface area contributed by atoms with E-state index in [9.17, 15) is 0 Å². The summed E-state index contributed by atoms with van der Waals surface area (Å²) in [7, 11) is 0. The van der Waals surface area contributed by atoms with Gasteiger partial charge >= 0.3 is 0 Å². The summed E-state index contributed by atoms with van der Waals surface area (Å²) in [5, 5.41) is 9.79. The van der Waals surface area contributed by atoms with Crippen LogP contribution in [0.1, 0.15) is 22.3 Å². The maximum absolute atomic E-state index is 6.94. The fourth-order valence-corrected chi connectivity index (χ4v) is 9.36. The van der Waals surface area contributed by atoms with Crippen LogP contribution in [0.4, 0.5) is 0 Å². The van der Waals surface area contributed by atoms with E-state index in [1.54, 1.807) is 0 Å². The van der Waals surface area contributed by atoms with Gasteiger partial charge in [-0.05, 0) is 88.6 Å². The molecule has 252 valence electrons. The third-order valence-corrected chi connectivity index (χ3v) is 11.6. The molecule has 0 aromatic heterocycles. The van der Waals surface area contributed by atoms with Crippen LogP contribution in [0.15, 0.2) is 206 Å². The Morgan fingerprint density at radius 3 is 1.19 bits per heavy atom. The minimum atomic E-state index is -0.682. The summed E-state index contributed by atoms with van der Waals surface area (Å²) in [4.78, 5) is 0. The van der Waals surface area contributed by atoms with Crippen LogP contribution >= 0.6 is 0 Å². The number of hydrogen-bond donors (Lipinski definition) is 0. The Hall–Kier alpha value is -6.96. The van der Waals surface area contributed by atoms with E-state index < -0.39 is 5.41 Å². The van der Waals surface area contributed by atoms with Crippen molar-refractivity contribution in [2.24, 2.45) is 0 Å². The smallest absolute Gasteiger partial charge is 0.132 e. The molecule has 0 fully saturated rings. The maximum atomic E-state index is 6.94. The molecule has 10 aromatic carbocycles. The maximum Gasteiger partial charge on any atom is 0.132 e. The molecule has 0 unspecified atom stereocenters. The van der Waals surface area contributed by atoms with Gasteiger partial charge in [0.05, 0.1) is 5.41 Å². The second kappa shape index (κ2) is 12.0. The van der Waals surface area contributed by atoms with Crippen molar-refractivity contribution in [2.45, 2.75) is 5.41 Å². The first kappa shape index (κ1) is 30.6. The van der Waals surface area contributed by atoms with Crippen molar-refractivity contribution in [1.29, 1.82) is 0 Å². The van der Waals surface area contributed by atoms with Crippen molar-refractivity contribution < 1.29 is 4.74 Å². The van der Waals surface area contributed by atoms with Crippen LogP contribution in [0.2, 0.25) is 0 Å². The molecule has 1 aliphatic rings. The van der Waals surface area contributed by atoms with Gasteiger partial charge in [-0.15, -0.1) is 0 Å². The van der Waals surface area contributed by atoms with Crippen LogP contribution in [0.25, 0.3) is 65.3 Å².